The van der Waals surface area contributed by atoms with Crippen LogP contribution in [-0.2, 0) is 47.1 Å². The number of likely N-dealkylation sites (tertiary alicyclic amines) is 1. The van der Waals surface area contributed by atoms with E-state index in [4.69, 9.17) is 0 Å². The Morgan fingerprint density at radius 3 is 2.07 bits per heavy atom. The summed E-state index contributed by atoms with van der Waals surface area (Å²) in [6.07, 6.45) is 3.41. The molecule has 0 saturated carbocycles. The molecular formula is C21H37NO3SY-2. The molecule has 1 saturated heterocycles. The number of nitrogens with zero attached hydrogens (tertiary/aromatic N) is 1. The van der Waals surface area contributed by atoms with Crippen LogP contribution in [0, 0.1) is 30.7 Å². The molecule has 155 valence electrons. The van der Waals surface area contributed by atoms with Gasteiger partial charge in [-0.2, -0.15) is 0 Å². The minimum Gasteiger partial charge on any atom is -0.437 e. The Kier molecular flexibility index (Phi) is 13.9. The van der Waals surface area contributed by atoms with Crippen LogP contribution in [0.4, 0.5) is 0 Å². The third-order valence-corrected chi connectivity index (χ3v) is 5.28. The summed E-state index contributed by atoms with van der Waals surface area (Å²) in [4.78, 5) is 35.2. The van der Waals surface area contributed by atoms with Gasteiger partial charge >= 0.3 is 0 Å². The molecule has 1 rings (SSSR count). The molecule has 0 N–H and O–H groups in total. The number of Topliss-reactive ketones (excluding diaryl/α,β-unsaturated/α-hetero) is 1. The molecule has 0 bridgehead atoms. The topological polar surface area (TPSA) is 54.5 Å². The summed E-state index contributed by atoms with van der Waals surface area (Å²) in [5.74, 6) is 0.862. The molecule has 0 aromatic heterocycles. The average molecular weight is 473 g/mol. The maximum Gasteiger partial charge on any atom is 0.213 e. The van der Waals surface area contributed by atoms with Gasteiger partial charge in [0.25, 0.3) is 0 Å². The van der Waals surface area contributed by atoms with Crippen molar-refractivity contribution in [2.75, 3.05) is 5.75 Å². The maximum absolute atomic E-state index is 11.8. The molecule has 0 aliphatic carbocycles. The number of ketones is 1. The Labute approximate surface area is 196 Å². The average Bonchev–Trinajstić information content (AvgIpc) is 2.72. The molecule has 0 aromatic rings. The summed E-state index contributed by atoms with van der Waals surface area (Å²) in [5.41, 5.74) is -0.0645. The van der Waals surface area contributed by atoms with Crippen molar-refractivity contribution in [2.45, 2.75) is 79.4 Å². The zero-order chi connectivity index (χ0) is 20.7. The van der Waals surface area contributed by atoms with E-state index in [0.717, 1.165) is 29.9 Å². The van der Waals surface area contributed by atoms with Crippen LogP contribution in [0.5, 0.6) is 0 Å². The predicted octanol–water partition coefficient (Wildman–Crippen LogP) is 4.92. The molecular weight excluding hydrogens is 435 g/mol. The van der Waals surface area contributed by atoms with Gasteiger partial charge in [-0.05, 0) is 17.6 Å². The van der Waals surface area contributed by atoms with E-state index in [1.807, 2.05) is 20.8 Å². The van der Waals surface area contributed by atoms with Crippen molar-refractivity contribution >= 4 is 29.4 Å². The van der Waals surface area contributed by atoms with Gasteiger partial charge in [-0.25, -0.2) is 7.05 Å². The number of hydrogen-bond acceptors (Lipinski definition) is 4. The Morgan fingerprint density at radius 2 is 1.74 bits per heavy atom. The number of hydrogen-bond donors (Lipinski definition) is 0. The van der Waals surface area contributed by atoms with Crippen LogP contribution in [0.2, 0.25) is 0 Å². The van der Waals surface area contributed by atoms with E-state index in [2.05, 4.69) is 41.7 Å². The third-order valence-electron chi connectivity index (χ3n) is 3.99. The number of unbranched alkanes of at least 4 members (excludes halogenated alkanes) is 1. The number of carbonyl (C=O) groups is 3. The molecule has 4 nitrogen and oxygen atoms in total. The van der Waals surface area contributed by atoms with Crippen LogP contribution in [0.1, 0.15) is 74.1 Å². The maximum atomic E-state index is 11.8. The first kappa shape index (κ1) is 29.5. The van der Waals surface area contributed by atoms with E-state index >= 15 is 0 Å². The number of thioether (sulfide) groups is 1. The second-order valence-electron chi connectivity index (χ2n) is 9.15. The van der Waals surface area contributed by atoms with Gasteiger partial charge in [0.2, 0.25) is 11.8 Å². The van der Waals surface area contributed by atoms with Gasteiger partial charge in [0.1, 0.15) is 5.78 Å². The van der Waals surface area contributed by atoms with Gasteiger partial charge in [-0.3, -0.25) is 9.59 Å². The largest absolute Gasteiger partial charge is 0.437 e. The van der Waals surface area contributed by atoms with Gasteiger partial charge in [-0.1, -0.05) is 61.3 Å². The van der Waals surface area contributed by atoms with Gasteiger partial charge < -0.3 is 16.6 Å². The summed E-state index contributed by atoms with van der Waals surface area (Å²) in [7, 11) is 3.40. The summed E-state index contributed by atoms with van der Waals surface area (Å²) >= 11 is 1.57. The zero-order valence-corrected chi connectivity index (χ0v) is 21.9. The Hall–Kier alpha value is 0.264. The van der Waals surface area contributed by atoms with Crippen LogP contribution in [0.3, 0.4) is 0 Å². The molecule has 1 aliphatic heterocycles. The first-order chi connectivity index (χ1) is 11.7. The monoisotopic (exact) mass is 472 g/mol. The molecule has 1 fully saturated rings. The van der Waals surface area contributed by atoms with Crippen LogP contribution in [0.25, 0.3) is 0 Å². The van der Waals surface area contributed by atoms with Crippen molar-refractivity contribution < 1.29 is 47.1 Å². The fraction of sp³-hybridized carbons (Fsp3) is 0.762. The molecule has 1 heterocycles. The van der Waals surface area contributed by atoms with Gasteiger partial charge in [0.05, 0.1) is 5.25 Å². The summed E-state index contributed by atoms with van der Waals surface area (Å²) in [6, 6.07) is 0. The normalized spacial score (nSPS) is 18.6. The van der Waals surface area contributed by atoms with Crippen LogP contribution >= 0.6 is 11.8 Å². The first-order valence-corrected chi connectivity index (χ1v) is 10.4. The SMILES string of the molecule is [CH2-]C(CC(C)(C)C)C(=O)C(C)(C)C.[CH2-]N1C(=O)CC(SCCCC)C1=O.[Y]. The molecule has 27 heavy (non-hydrogen) atoms. The van der Waals surface area contributed by atoms with Crippen molar-refractivity contribution in [1.82, 2.24) is 4.90 Å². The summed E-state index contributed by atoms with van der Waals surface area (Å²) in [5, 5.41) is -0.170. The fourth-order valence-corrected chi connectivity index (χ4v) is 3.87. The van der Waals surface area contributed by atoms with E-state index < -0.39 is 0 Å². The molecule has 1 aliphatic rings. The number of imide groups is 1. The Balaban J connectivity index is 0. The van der Waals surface area contributed by atoms with Gasteiger partial charge in [0, 0.05) is 44.5 Å². The molecule has 1 radical (unpaired) electrons. The fourth-order valence-electron chi connectivity index (χ4n) is 2.60. The van der Waals surface area contributed by atoms with Crippen LogP contribution < -0.4 is 0 Å². The van der Waals surface area contributed by atoms with Crippen molar-refractivity contribution in [3.8, 4) is 0 Å². The molecule has 0 spiro atoms. The first-order valence-electron chi connectivity index (χ1n) is 9.37. The summed E-state index contributed by atoms with van der Waals surface area (Å²) < 4.78 is 0. The van der Waals surface area contributed by atoms with E-state index in [1.165, 1.54) is 0 Å². The molecule has 2 unspecified atom stereocenters. The van der Waals surface area contributed by atoms with Gasteiger partial charge in [-0.15, -0.1) is 17.7 Å². The third kappa shape index (κ3) is 11.8. The minimum atomic E-state index is -0.252. The number of rotatable bonds is 6. The van der Waals surface area contributed by atoms with E-state index in [-0.39, 0.29) is 72.3 Å². The van der Waals surface area contributed by atoms with Gasteiger partial charge in [0.15, 0.2) is 0 Å². The van der Waals surface area contributed by atoms with E-state index in [0.29, 0.717) is 6.42 Å². The number of carbonyl (C=O) groups excluding carboxylic acids is 3. The second-order valence-corrected chi connectivity index (χ2v) is 10.5. The summed E-state index contributed by atoms with van der Waals surface area (Å²) in [6.45, 7) is 18.3. The van der Waals surface area contributed by atoms with Crippen molar-refractivity contribution in [3.63, 3.8) is 0 Å². The van der Waals surface area contributed by atoms with Crippen molar-refractivity contribution in [3.05, 3.63) is 14.0 Å². The number of amides is 2. The minimum absolute atomic E-state index is 0. The van der Waals surface area contributed by atoms with Crippen molar-refractivity contribution in [2.24, 2.45) is 16.7 Å². The molecule has 6 heteroatoms. The van der Waals surface area contributed by atoms with Crippen LogP contribution in [-0.4, -0.2) is 33.5 Å². The van der Waals surface area contributed by atoms with E-state index in [9.17, 15) is 14.4 Å². The van der Waals surface area contributed by atoms with Crippen LogP contribution in [0.15, 0.2) is 0 Å². The predicted molar refractivity (Wildman–Crippen MR) is 110 cm³/mol. The zero-order valence-electron chi connectivity index (χ0n) is 18.3. The standard InChI is InChI=1S/C12H23O.C9H14NO2S.Y/c1-9(8-11(2,3)4)10(13)12(5,6)7;1-3-4-5-13-7-6-8(11)10(2)9(7)12;/h9H,1,8H2,2-7H3;7H,2-6H2,1H3;/q2*-1;. The Morgan fingerprint density at radius 1 is 1.22 bits per heavy atom. The quantitative estimate of drug-likeness (QED) is 0.313. The second kappa shape index (κ2) is 12.7. The molecule has 0 aromatic carbocycles. The van der Waals surface area contributed by atoms with E-state index in [1.54, 1.807) is 11.8 Å². The Bertz CT molecular complexity index is 495. The molecule has 2 amide bonds. The molecule has 2 atom stereocenters. The smallest absolute Gasteiger partial charge is 0.213 e. The van der Waals surface area contributed by atoms with Crippen molar-refractivity contribution in [1.29, 1.82) is 0 Å².